The lowest BCUT2D eigenvalue weighted by atomic mass is 10.1. The first kappa shape index (κ1) is 18.9. The summed E-state index contributed by atoms with van der Waals surface area (Å²) < 4.78 is 17.3. The summed E-state index contributed by atoms with van der Waals surface area (Å²) in [7, 11) is 3.16. The van der Waals surface area contributed by atoms with Gasteiger partial charge in [0.05, 0.1) is 23.3 Å². The average Bonchev–Trinajstić information content (AvgIpc) is 2.80. The van der Waals surface area contributed by atoms with Crippen LogP contribution in [0, 0.1) is 0 Å². The van der Waals surface area contributed by atoms with Crippen molar-refractivity contribution in [3.05, 3.63) is 33.0 Å². The lowest BCUT2D eigenvalue weighted by molar-refractivity contribution is 0.00624. The maximum atomic E-state index is 12.4. The predicted molar refractivity (Wildman–Crippen MR) is 99.9 cm³/mol. The van der Waals surface area contributed by atoms with Gasteiger partial charge in [-0.15, -0.1) is 0 Å². The lowest BCUT2D eigenvalue weighted by Gasteiger charge is -2.19. The van der Waals surface area contributed by atoms with Gasteiger partial charge in [0, 0.05) is 5.56 Å². The Bertz CT molecular complexity index is 763. The van der Waals surface area contributed by atoms with E-state index in [2.05, 4.69) is 36.8 Å². The van der Waals surface area contributed by atoms with Gasteiger partial charge in [-0.2, -0.15) is 0 Å². The van der Waals surface area contributed by atoms with Gasteiger partial charge in [-0.05, 0) is 70.3 Å². The van der Waals surface area contributed by atoms with Crippen molar-refractivity contribution in [3.63, 3.8) is 0 Å². The molecule has 1 aromatic heterocycles. The number of aromatic nitrogens is 1. The SMILES string of the molecule is COc1ccc(-c2c(Br)[nH]c(C(=O)OC(C)(C)C)c2Br)cc1OC. The van der Waals surface area contributed by atoms with E-state index in [1.165, 1.54) is 0 Å². The number of methoxy groups -OCH3 is 2. The number of carbonyl (C=O) groups excluding carboxylic acids is 1. The minimum absolute atomic E-state index is 0.349. The van der Waals surface area contributed by atoms with Crippen LogP contribution in [0.1, 0.15) is 31.3 Å². The molecule has 0 amide bonds. The number of carbonyl (C=O) groups is 1. The van der Waals surface area contributed by atoms with E-state index in [0.29, 0.717) is 26.3 Å². The molecule has 1 aromatic carbocycles. The van der Waals surface area contributed by atoms with Crippen LogP contribution >= 0.6 is 31.9 Å². The molecule has 0 aliphatic heterocycles. The van der Waals surface area contributed by atoms with Crippen LogP contribution in [0.15, 0.2) is 27.3 Å². The van der Waals surface area contributed by atoms with Gasteiger partial charge in [0.25, 0.3) is 0 Å². The number of rotatable bonds is 4. The molecule has 2 aromatic rings. The molecule has 0 aliphatic carbocycles. The van der Waals surface area contributed by atoms with Gasteiger partial charge in [0.1, 0.15) is 11.3 Å². The summed E-state index contributed by atoms with van der Waals surface area (Å²) in [6.07, 6.45) is 0. The van der Waals surface area contributed by atoms with Crippen LogP contribution in [0.25, 0.3) is 11.1 Å². The maximum absolute atomic E-state index is 12.4. The Morgan fingerprint density at radius 3 is 2.25 bits per heavy atom. The Balaban J connectivity index is 2.48. The summed E-state index contributed by atoms with van der Waals surface area (Å²) in [5.41, 5.74) is 1.44. The summed E-state index contributed by atoms with van der Waals surface area (Å²) in [4.78, 5) is 15.4. The number of hydrogen-bond donors (Lipinski definition) is 1. The Morgan fingerprint density at radius 2 is 1.71 bits per heavy atom. The first-order valence-electron chi connectivity index (χ1n) is 7.20. The molecule has 7 heteroatoms. The summed E-state index contributed by atoms with van der Waals surface area (Å²) in [5.74, 6) is 0.812. The Morgan fingerprint density at radius 1 is 1.08 bits per heavy atom. The topological polar surface area (TPSA) is 60.6 Å². The molecule has 1 heterocycles. The molecule has 130 valence electrons. The highest BCUT2D eigenvalue weighted by molar-refractivity contribution is 9.11. The van der Waals surface area contributed by atoms with Crippen LogP contribution in [-0.4, -0.2) is 30.8 Å². The van der Waals surface area contributed by atoms with E-state index in [1.807, 2.05) is 39.0 Å². The molecule has 0 unspecified atom stereocenters. The minimum Gasteiger partial charge on any atom is -0.493 e. The van der Waals surface area contributed by atoms with Gasteiger partial charge in [-0.25, -0.2) is 4.79 Å². The van der Waals surface area contributed by atoms with Crippen molar-refractivity contribution >= 4 is 37.8 Å². The largest absolute Gasteiger partial charge is 0.493 e. The third kappa shape index (κ3) is 3.95. The third-order valence-electron chi connectivity index (χ3n) is 3.17. The Kier molecular flexibility index (Phi) is 5.65. The van der Waals surface area contributed by atoms with Crippen molar-refractivity contribution in [2.24, 2.45) is 0 Å². The lowest BCUT2D eigenvalue weighted by Crippen LogP contribution is -2.24. The van der Waals surface area contributed by atoms with Crippen LogP contribution < -0.4 is 9.47 Å². The van der Waals surface area contributed by atoms with E-state index in [1.54, 1.807) is 14.2 Å². The van der Waals surface area contributed by atoms with Crippen molar-refractivity contribution in [2.75, 3.05) is 14.2 Å². The van der Waals surface area contributed by atoms with Crippen molar-refractivity contribution < 1.29 is 19.0 Å². The Labute approximate surface area is 157 Å². The number of ether oxygens (including phenoxy) is 3. The molecule has 0 fully saturated rings. The van der Waals surface area contributed by atoms with Crippen LogP contribution in [0.4, 0.5) is 0 Å². The Hall–Kier alpha value is -1.47. The number of esters is 1. The molecule has 5 nitrogen and oxygen atoms in total. The van der Waals surface area contributed by atoms with Crippen LogP contribution in [0.3, 0.4) is 0 Å². The fraction of sp³-hybridized carbons (Fsp3) is 0.353. The standard InChI is InChI=1S/C17H19Br2NO4/c1-17(2,3)24-16(21)14-13(18)12(15(19)20-14)9-6-7-10(22-4)11(8-9)23-5/h6-8,20H,1-5H3. The van der Waals surface area contributed by atoms with Crippen LogP contribution in [0.2, 0.25) is 0 Å². The monoisotopic (exact) mass is 459 g/mol. The van der Waals surface area contributed by atoms with Crippen molar-refractivity contribution in [1.82, 2.24) is 4.98 Å². The van der Waals surface area contributed by atoms with Crippen molar-refractivity contribution in [3.8, 4) is 22.6 Å². The van der Waals surface area contributed by atoms with E-state index < -0.39 is 11.6 Å². The first-order valence-corrected chi connectivity index (χ1v) is 8.79. The predicted octanol–water partition coefficient (Wildman–Crippen LogP) is 5.18. The fourth-order valence-corrected chi connectivity index (χ4v) is 3.74. The van der Waals surface area contributed by atoms with E-state index in [0.717, 1.165) is 11.1 Å². The van der Waals surface area contributed by atoms with Crippen molar-refractivity contribution in [2.45, 2.75) is 26.4 Å². The molecular weight excluding hydrogens is 442 g/mol. The van der Waals surface area contributed by atoms with Crippen molar-refractivity contribution in [1.29, 1.82) is 0 Å². The maximum Gasteiger partial charge on any atom is 0.356 e. The first-order chi connectivity index (χ1) is 11.2. The van der Waals surface area contributed by atoms with E-state index >= 15 is 0 Å². The highest BCUT2D eigenvalue weighted by Gasteiger charge is 2.25. The molecule has 1 N–H and O–H groups in total. The second-order valence-electron chi connectivity index (χ2n) is 6.07. The summed E-state index contributed by atoms with van der Waals surface area (Å²) >= 11 is 6.96. The van der Waals surface area contributed by atoms with Gasteiger partial charge >= 0.3 is 5.97 Å². The fourth-order valence-electron chi connectivity index (χ4n) is 2.16. The highest BCUT2D eigenvalue weighted by atomic mass is 79.9. The average molecular weight is 461 g/mol. The summed E-state index contributed by atoms with van der Waals surface area (Å²) in [5, 5.41) is 0. The van der Waals surface area contributed by atoms with Gasteiger partial charge in [0.2, 0.25) is 0 Å². The molecule has 0 aliphatic rings. The van der Waals surface area contributed by atoms with Crippen LogP contribution in [0.5, 0.6) is 11.5 Å². The van der Waals surface area contributed by atoms with Crippen LogP contribution in [-0.2, 0) is 4.74 Å². The zero-order valence-corrected chi connectivity index (χ0v) is 17.3. The number of benzene rings is 1. The van der Waals surface area contributed by atoms with E-state index in [9.17, 15) is 4.79 Å². The zero-order chi connectivity index (χ0) is 18.1. The van der Waals surface area contributed by atoms with Gasteiger partial charge in [0.15, 0.2) is 11.5 Å². The molecule has 0 bridgehead atoms. The molecule has 0 radical (unpaired) electrons. The van der Waals surface area contributed by atoms with Gasteiger partial charge < -0.3 is 19.2 Å². The molecule has 0 saturated carbocycles. The second-order valence-corrected chi connectivity index (χ2v) is 7.66. The third-order valence-corrected chi connectivity index (χ3v) is 4.56. The van der Waals surface area contributed by atoms with Gasteiger partial charge in [-0.1, -0.05) is 6.07 Å². The zero-order valence-electron chi connectivity index (χ0n) is 14.1. The molecule has 0 saturated heterocycles. The van der Waals surface area contributed by atoms with E-state index in [4.69, 9.17) is 14.2 Å². The molecule has 24 heavy (non-hydrogen) atoms. The number of H-pyrrole nitrogens is 1. The number of nitrogens with one attached hydrogen (secondary N) is 1. The minimum atomic E-state index is -0.572. The number of hydrogen-bond acceptors (Lipinski definition) is 4. The number of halogens is 2. The smallest absolute Gasteiger partial charge is 0.356 e. The summed E-state index contributed by atoms with van der Waals surface area (Å²) in [6, 6.07) is 5.54. The normalized spacial score (nSPS) is 11.3. The quantitative estimate of drug-likeness (QED) is 0.638. The highest BCUT2D eigenvalue weighted by Crippen LogP contribution is 2.41. The second kappa shape index (κ2) is 7.19. The molecule has 2 rings (SSSR count). The molecule has 0 atom stereocenters. The molecule has 0 spiro atoms. The van der Waals surface area contributed by atoms with Gasteiger partial charge in [-0.3, -0.25) is 0 Å². The molecular formula is C17H19Br2NO4. The number of aromatic amines is 1. The summed E-state index contributed by atoms with van der Waals surface area (Å²) in [6.45, 7) is 5.48. The van der Waals surface area contributed by atoms with E-state index in [-0.39, 0.29) is 0 Å².